The van der Waals surface area contributed by atoms with Crippen molar-refractivity contribution >= 4 is 23.2 Å². The molecule has 0 spiro atoms. The van der Waals surface area contributed by atoms with Crippen LogP contribution in [0.1, 0.15) is 6.42 Å². The fourth-order valence-corrected chi connectivity index (χ4v) is 1.44. The third kappa shape index (κ3) is 4.30. The van der Waals surface area contributed by atoms with E-state index in [-0.39, 0.29) is 30.7 Å². The van der Waals surface area contributed by atoms with E-state index in [0.717, 1.165) is 0 Å². The molecule has 0 aliphatic rings. The van der Waals surface area contributed by atoms with Gasteiger partial charge in [0.1, 0.15) is 5.82 Å². The molecular formula is C11H14ClFN2O2. The van der Waals surface area contributed by atoms with Crippen LogP contribution in [-0.4, -0.2) is 25.7 Å². The fraction of sp³-hybridized carbons (Fsp3) is 0.364. The zero-order valence-corrected chi connectivity index (χ0v) is 10.1. The molecule has 3 N–H and O–H groups in total. The van der Waals surface area contributed by atoms with Crippen LogP contribution >= 0.6 is 11.6 Å². The standard InChI is InChI=1S/C11H14ClFN2O2/c1-17-8(6-14)5-11(16)15-10-4-7(12)2-3-9(10)13/h2-4,8H,5-6,14H2,1H3,(H,15,16). The Morgan fingerprint density at radius 3 is 2.94 bits per heavy atom. The molecule has 0 heterocycles. The van der Waals surface area contributed by atoms with Crippen molar-refractivity contribution in [3.8, 4) is 0 Å². The minimum atomic E-state index is -0.538. The second-order valence-electron chi connectivity index (χ2n) is 3.47. The van der Waals surface area contributed by atoms with Crippen LogP contribution in [-0.2, 0) is 9.53 Å². The lowest BCUT2D eigenvalue weighted by Crippen LogP contribution is -2.28. The second kappa shape index (κ2) is 6.54. The molecule has 1 unspecified atom stereocenters. The largest absolute Gasteiger partial charge is 0.380 e. The van der Waals surface area contributed by atoms with E-state index in [1.165, 1.54) is 25.3 Å². The summed E-state index contributed by atoms with van der Waals surface area (Å²) in [7, 11) is 1.46. The van der Waals surface area contributed by atoms with Gasteiger partial charge in [0, 0.05) is 18.7 Å². The number of ether oxygens (including phenoxy) is 1. The maximum absolute atomic E-state index is 13.3. The van der Waals surface area contributed by atoms with Gasteiger partial charge in [0.15, 0.2) is 0 Å². The maximum atomic E-state index is 13.3. The minimum absolute atomic E-state index is 0.0503. The van der Waals surface area contributed by atoms with Crippen molar-refractivity contribution in [3.05, 3.63) is 29.0 Å². The maximum Gasteiger partial charge on any atom is 0.227 e. The first-order chi connectivity index (χ1) is 8.06. The molecular weight excluding hydrogens is 247 g/mol. The Hall–Kier alpha value is -1.17. The Labute approximate surface area is 104 Å². The van der Waals surface area contributed by atoms with Crippen molar-refractivity contribution < 1.29 is 13.9 Å². The molecule has 0 aliphatic carbocycles. The topological polar surface area (TPSA) is 64.3 Å². The molecule has 0 bridgehead atoms. The van der Waals surface area contributed by atoms with Crippen LogP contribution in [0.2, 0.25) is 5.02 Å². The van der Waals surface area contributed by atoms with E-state index >= 15 is 0 Å². The number of carbonyl (C=O) groups excluding carboxylic acids is 1. The van der Waals surface area contributed by atoms with E-state index < -0.39 is 5.82 Å². The van der Waals surface area contributed by atoms with E-state index in [0.29, 0.717) is 5.02 Å². The van der Waals surface area contributed by atoms with Gasteiger partial charge in [-0.3, -0.25) is 4.79 Å². The van der Waals surface area contributed by atoms with Gasteiger partial charge in [-0.25, -0.2) is 4.39 Å². The predicted molar refractivity (Wildman–Crippen MR) is 64.5 cm³/mol. The predicted octanol–water partition coefficient (Wildman–Crippen LogP) is 1.78. The molecule has 6 heteroatoms. The summed E-state index contributed by atoms with van der Waals surface area (Å²) in [5.74, 6) is -0.909. The summed E-state index contributed by atoms with van der Waals surface area (Å²) >= 11 is 5.70. The lowest BCUT2D eigenvalue weighted by Gasteiger charge is -2.13. The van der Waals surface area contributed by atoms with Crippen molar-refractivity contribution in [2.75, 3.05) is 19.0 Å². The highest BCUT2D eigenvalue weighted by molar-refractivity contribution is 6.30. The van der Waals surface area contributed by atoms with E-state index in [2.05, 4.69) is 5.32 Å². The van der Waals surface area contributed by atoms with E-state index in [9.17, 15) is 9.18 Å². The van der Waals surface area contributed by atoms with Gasteiger partial charge >= 0.3 is 0 Å². The van der Waals surface area contributed by atoms with Gasteiger partial charge in [0.05, 0.1) is 18.2 Å². The Bertz CT molecular complexity index is 397. The molecule has 1 aromatic rings. The number of hydrogen-bond acceptors (Lipinski definition) is 3. The highest BCUT2D eigenvalue weighted by atomic mass is 35.5. The van der Waals surface area contributed by atoms with Crippen molar-refractivity contribution in [1.82, 2.24) is 0 Å². The molecule has 17 heavy (non-hydrogen) atoms. The molecule has 0 radical (unpaired) electrons. The fourth-order valence-electron chi connectivity index (χ4n) is 1.26. The average Bonchev–Trinajstić information content (AvgIpc) is 2.31. The lowest BCUT2D eigenvalue weighted by atomic mass is 10.2. The Kier molecular flexibility index (Phi) is 5.34. The third-order valence-corrected chi connectivity index (χ3v) is 2.45. The molecule has 0 aromatic heterocycles. The first-order valence-electron chi connectivity index (χ1n) is 5.04. The number of methoxy groups -OCH3 is 1. The first kappa shape index (κ1) is 13.9. The number of nitrogens with two attached hydrogens (primary N) is 1. The Morgan fingerprint density at radius 1 is 1.65 bits per heavy atom. The lowest BCUT2D eigenvalue weighted by molar-refractivity contribution is -0.118. The van der Waals surface area contributed by atoms with Gasteiger partial charge in [0.2, 0.25) is 5.91 Å². The number of halogens is 2. The van der Waals surface area contributed by atoms with E-state index in [1.807, 2.05) is 0 Å². The zero-order valence-electron chi connectivity index (χ0n) is 9.37. The number of amides is 1. The number of benzene rings is 1. The van der Waals surface area contributed by atoms with Crippen LogP contribution in [0.15, 0.2) is 18.2 Å². The van der Waals surface area contributed by atoms with Gasteiger partial charge in [-0.2, -0.15) is 0 Å². The molecule has 0 saturated carbocycles. The summed E-state index contributed by atoms with van der Waals surface area (Å²) in [6.07, 6.45) is -0.309. The zero-order chi connectivity index (χ0) is 12.8. The van der Waals surface area contributed by atoms with Gasteiger partial charge in [0.25, 0.3) is 0 Å². The highest BCUT2D eigenvalue weighted by Crippen LogP contribution is 2.19. The molecule has 94 valence electrons. The first-order valence-corrected chi connectivity index (χ1v) is 5.42. The molecule has 0 fully saturated rings. The van der Waals surface area contributed by atoms with Crippen molar-refractivity contribution in [2.24, 2.45) is 5.73 Å². The number of anilines is 1. The Morgan fingerprint density at radius 2 is 2.35 bits per heavy atom. The Balaban J connectivity index is 2.64. The van der Waals surface area contributed by atoms with Crippen LogP contribution < -0.4 is 11.1 Å². The van der Waals surface area contributed by atoms with Crippen LogP contribution in [0.3, 0.4) is 0 Å². The van der Waals surface area contributed by atoms with Crippen LogP contribution in [0.4, 0.5) is 10.1 Å². The summed E-state index contributed by atoms with van der Waals surface area (Å²) in [5, 5.41) is 2.77. The normalized spacial score (nSPS) is 12.2. The van der Waals surface area contributed by atoms with Crippen LogP contribution in [0, 0.1) is 5.82 Å². The van der Waals surface area contributed by atoms with Crippen LogP contribution in [0.25, 0.3) is 0 Å². The molecule has 1 atom stereocenters. The third-order valence-electron chi connectivity index (χ3n) is 2.21. The monoisotopic (exact) mass is 260 g/mol. The minimum Gasteiger partial charge on any atom is -0.380 e. The summed E-state index contributed by atoms with van der Waals surface area (Å²) in [6, 6.07) is 3.94. The molecule has 1 aromatic carbocycles. The molecule has 0 aliphatic heterocycles. The second-order valence-corrected chi connectivity index (χ2v) is 3.91. The number of rotatable bonds is 5. The van der Waals surface area contributed by atoms with Crippen molar-refractivity contribution in [2.45, 2.75) is 12.5 Å². The van der Waals surface area contributed by atoms with Crippen molar-refractivity contribution in [3.63, 3.8) is 0 Å². The van der Waals surface area contributed by atoms with E-state index in [4.69, 9.17) is 22.1 Å². The quantitative estimate of drug-likeness (QED) is 0.848. The van der Waals surface area contributed by atoms with Gasteiger partial charge in [-0.05, 0) is 18.2 Å². The average molecular weight is 261 g/mol. The van der Waals surface area contributed by atoms with Gasteiger partial charge < -0.3 is 15.8 Å². The van der Waals surface area contributed by atoms with Gasteiger partial charge in [-0.15, -0.1) is 0 Å². The highest BCUT2D eigenvalue weighted by Gasteiger charge is 2.13. The molecule has 1 rings (SSSR count). The van der Waals surface area contributed by atoms with Crippen molar-refractivity contribution in [1.29, 1.82) is 0 Å². The number of carbonyl (C=O) groups is 1. The van der Waals surface area contributed by atoms with E-state index in [1.54, 1.807) is 0 Å². The van der Waals surface area contributed by atoms with Crippen LogP contribution in [0.5, 0.6) is 0 Å². The summed E-state index contributed by atoms with van der Waals surface area (Å²) < 4.78 is 18.3. The molecule has 0 saturated heterocycles. The summed E-state index contributed by atoms with van der Waals surface area (Å²) in [5.41, 5.74) is 5.43. The summed E-state index contributed by atoms with van der Waals surface area (Å²) in [4.78, 5) is 11.5. The smallest absolute Gasteiger partial charge is 0.227 e. The summed E-state index contributed by atoms with van der Waals surface area (Å²) in [6.45, 7) is 0.224. The number of hydrogen-bond donors (Lipinski definition) is 2. The molecule has 1 amide bonds. The molecule has 4 nitrogen and oxygen atoms in total. The number of nitrogens with one attached hydrogen (secondary N) is 1. The SMILES string of the molecule is COC(CN)CC(=O)Nc1cc(Cl)ccc1F. The van der Waals surface area contributed by atoms with Gasteiger partial charge in [-0.1, -0.05) is 11.6 Å².